The molecule has 0 amide bonds. The molecule has 0 radical (unpaired) electrons. The Morgan fingerprint density at radius 2 is 0.885 bits per heavy atom. The summed E-state index contributed by atoms with van der Waals surface area (Å²) in [6.07, 6.45) is -12.1. The molecule has 61 heavy (non-hydrogen) atoms. The molecule has 7 rings (SSSR count). The molecule has 12 heteroatoms. The summed E-state index contributed by atoms with van der Waals surface area (Å²) in [7, 11) is 1.55. The van der Waals surface area contributed by atoms with Gasteiger partial charge in [0.25, 0.3) is 0 Å². The first-order valence-electron chi connectivity index (χ1n) is 20.7. The van der Waals surface area contributed by atoms with Crippen LogP contribution < -0.4 is 0 Å². The maximum Gasteiger partial charge on any atom is 0.187 e. The molecule has 2 saturated heterocycles. The zero-order valence-electron chi connectivity index (χ0n) is 34.3. The molecule has 5 aromatic rings. The van der Waals surface area contributed by atoms with Gasteiger partial charge in [0, 0.05) is 7.11 Å². The average Bonchev–Trinajstić information content (AvgIpc) is 3.31. The van der Waals surface area contributed by atoms with Gasteiger partial charge in [0.05, 0.1) is 46.2 Å². The van der Waals surface area contributed by atoms with E-state index < -0.39 is 74.1 Å². The lowest BCUT2D eigenvalue weighted by Crippen LogP contribution is -2.67. The number of rotatable bonds is 21. The van der Waals surface area contributed by atoms with Crippen LogP contribution in [0.3, 0.4) is 0 Å². The summed E-state index contributed by atoms with van der Waals surface area (Å²) >= 11 is 0. The predicted octanol–water partition coefficient (Wildman–Crippen LogP) is 5.74. The molecule has 11 atom stereocenters. The molecule has 3 N–H and O–H groups in total. The third kappa shape index (κ3) is 12.4. The second-order valence-corrected chi connectivity index (χ2v) is 15.1. The lowest BCUT2D eigenvalue weighted by Gasteiger charge is -2.50. The highest BCUT2D eigenvalue weighted by molar-refractivity contribution is 5.17. The molecule has 0 aromatic heterocycles. The van der Waals surface area contributed by atoms with E-state index in [2.05, 4.69) is 0 Å². The normalized spacial score (nSPS) is 27.1. The van der Waals surface area contributed by atoms with Crippen molar-refractivity contribution >= 4 is 0 Å². The number of ether oxygens (including phenoxy) is 9. The van der Waals surface area contributed by atoms with Crippen molar-refractivity contribution in [2.75, 3.05) is 20.3 Å². The quantitative estimate of drug-likeness (QED) is 0.0830. The molecular weight excluding hydrogens is 781 g/mol. The maximum absolute atomic E-state index is 11.9. The summed E-state index contributed by atoms with van der Waals surface area (Å²) < 4.78 is 59.1. The van der Waals surface area contributed by atoms with Gasteiger partial charge in [-0.25, -0.2) is 0 Å². The monoisotopic (exact) mass is 836 g/mol. The number of benzene rings is 5. The van der Waals surface area contributed by atoms with Gasteiger partial charge in [-0.3, -0.25) is 0 Å². The SMILES string of the molecule is CO[C@H]1O[C@H](COCc2ccccc2)[C@@H](O[C@@H]2O[C@H]([C@H](O)CO)[C@@H](O)[C@H](OCc3ccccc3)[C@@H]2OCc2ccccc2)[C@H](OCc2ccccc2)[C@@H]1OCc1ccccc1. The van der Waals surface area contributed by atoms with Crippen LogP contribution in [-0.4, -0.2) is 103 Å². The van der Waals surface area contributed by atoms with Gasteiger partial charge in [-0.2, -0.15) is 0 Å². The molecule has 2 heterocycles. The summed E-state index contributed by atoms with van der Waals surface area (Å²) in [6.45, 7) is 0.299. The molecule has 2 aliphatic heterocycles. The fraction of sp³-hybridized carbons (Fsp3) is 0.388. The van der Waals surface area contributed by atoms with E-state index in [1.165, 1.54) is 0 Å². The van der Waals surface area contributed by atoms with Gasteiger partial charge in [-0.05, 0) is 27.8 Å². The van der Waals surface area contributed by atoms with Crippen molar-refractivity contribution in [3.63, 3.8) is 0 Å². The molecule has 324 valence electrons. The van der Waals surface area contributed by atoms with Crippen LogP contribution >= 0.6 is 0 Å². The molecule has 12 nitrogen and oxygen atoms in total. The predicted molar refractivity (Wildman–Crippen MR) is 224 cm³/mol. The van der Waals surface area contributed by atoms with Crippen LogP contribution in [0, 0.1) is 0 Å². The Kier molecular flexibility index (Phi) is 17.0. The Labute approximate surface area is 357 Å². The first kappa shape index (κ1) is 44.7. The van der Waals surface area contributed by atoms with Gasteiger partial charge in [-0.15, -0.1) is 0 Å². The van der Waals surface area contributed by atoms with Crippen LogP contribution in [0.15, 0.2) is 152 Å². The Bertz CT molecular complexity index is 1940. The fourth-order valence-electron chi connectivity index (χ4n) is 7.57. The van der Waals surface area contributed by atoms with E-state index in [1.54, 1.807) is 7.11 Å². The second kappa shape index (κ2) is 23.2. The van der Waals surface area contributed by atoms with Crippen molar-refractivity contribution < 1.29 is 58.0 Å². The lowest BCUT2D eigenvalue weighted by atomic mass is 9.94. The minimum atomic E-state index is -1.49. The molecule has 0 spiro atoms. The highest BCUT2D eigenvalue weighted by Crippen LogP contribution is 2.36. The average molecular weight is 837 g/mol. The van der Waals surface area contributed by atoms with Crippen molar-refractivity contribution in [1.82, 2.24) is 0 Å². The molecule has 0 unspecified atom stereocenters. The zero-order chi connectivity index (χ0) is 42.2. The van der Waals surface area contributed by atoms with E-state index >= 15 is 0 Å². The van der Waals surface area contributed by atoms with Gasteiger partial charge in [0.2, 0.25) is 0 Å². The fourth-order valence-corrected chi connectivity index (χ4v) is 7.57. The number of aliphatic hydroxyl groups excluding tert-OH is 3. The van der Waals surface area contributed by atoms with Crippen molar-refractivity contribution in [1.29, 1.82) is 0 Å². The summed E-state index contributed by atoms with van der Waals surface area (Å²) in [5, 5.41) is 33.2. The van der Waals surface area contributed by atoms with E-state index in [-0.39, 0.29) is 33.0 Å². The lowest BCUT2D eigenvalue weighted by molar-refractivity contribution is -0.376. The molecule has 2 fully saturated rings. The van der Waals surface area contributed by atoms with Crippen molar-refractivity contribution in [2.24, 2.45) is 0 Å². The van der Waals surface area contributed by atoms with E-state index in [4.69, 9.17) is 42.6 Å². The second-order valence-electron chi connectivity index (χ2n) is 15.1. The first-order valence-corrected chi connectivity index (χ1v) is 20.7. The van der Waals surface area contributed by atoms with Gasteiger partial charge in [0.15, 0.2) is 12.6 Å². The Hall–Kier alpha value is -4.38. The van der Waals surface area contributed by atoms with Crippen molar-refractivity contribution in [3.05, 3.63) is 179 Å². The molecule has 0 saturated carbocycles. The summed E-state index contributed by atoms with van der Waals surface area (Å²) in [6, 6.07) is 48.4. The number of hydrogen-bond donors (Lipinski definition) is 3. The number of hydrogen-bond acceptors (Lipinski definition) is 12. The maximum atomic E-state index is 11.9. The van der Waals surface area contributed by atoms with E-state index in [1.807, 2.05) is 152 Å². The Morgan fingerprint density at radius 1 is 0.492 bits per heavy atom. The van der Waals surface area contributed by atoms with E-state index in [0.29, 0.717) is 6.61 Å². The van der Waals surface area contributed by atoms with Crippen LogP contribution in [0.1, 0.15) is 27.8 Å². The number of methoxy groups -OCH3 is 1. The van der Waals surface area contributed by atoms with Crippen molar-refractivity contribution in [3.8, 4) is 0 Å². The molecule has 0 aliphatic carbocycles. The van der Waals surface area contributed by atoms with Gasteiger partial charge in [-0.1, -0.05) is 152 Å². The Balaban J connectivity index is 1.25. The van der Waals surface area contributed by atoms with Crippen molar-refractivity contribution in [2.45, 2.75) is 101 Å². The zero-order valence-corrected chi connectivity index (χ0v) is 34.3. The first-order chi connectivity index (χ1) is 30.0. The third-order valence-corrected chi connectivity index (χ3v) is 10.8. The summed E-state index contributed by atoms with van der Waals surface area (Å²) in [4.78, 5) is 0. The van der Waals surface area contributed by atoms with Crippen LogP contribution in [-0.2, 0) is 75.7 Å². The van der Waals surface area contributed by atoms with Crippen LogP contribution in [0.5, 0.6) is 0 Å². The minimum Gasteiger partial charge on any atom is -0.394 e. The molecule has 5 aromatic carbocycles. The van der Waals surface area contributed by atoms with Gasteiger partial charge in [0.1, 0.15) is 54.9 Å². The smallest absolute Gasteiger partial charge is 0.187 e. The van der Waals surface area contributed by atoms with Crippen LogP contribution in [0.4, 0.5) is 0 Å². The highest BCUT2D eigenvalue weighted by Gasteiger charge is 2.54. The highest BCUT2D eigenvalue weighted by atomic mass is 16.8. The van der Waals surface area contributed by atoms with Crippen LogP contribution in [0.25, 0.3) is 0 Å². The van der Waals surface area contributed by atoms with Gasteiger partial charge >= 0.3 is 0 Å². The third-order valence-electron chi connectivity index (χ3n) is 10.8. The number of aliphatic hydroxyl groups is 3. The summed E-state index contributed by atoms with van der Waals surface area (Å²) in [5.74, 6) is 0. The topological polar surface area (TPSA) is 144 Å². The summed E-state index contributed by atoms with van der Waals surface area (Å²) in [5.41, 5.74) is 4.54. The van der Waals surface area contributed by atoms with Crippen LogP contribution in [0.2, 0.25) is 0 Å². The van der Waals surface area contributed by atoms with E-state index in [0.717, 1.165) is 27.8 Å². The Morgan fingerprint density at radius 3 is 1.31 bits per heavy atom. The molecule has 2 aliphatic rings. The largest absolute Gasteiger partial charge is 0.394 e. The standard InChI is InChI=1S/C49H56O12/c1-53-48-47(58-32-38-25-15-6-16-26-38)45(56-30-36-21-11-4-12-22-36)43(40(59-48)33-54-28-34-17-7-2-8-18-34)61-49-46(57-31-37-23-13-5-14-24-37)44(41(52)42(60-49)39(51)27-50)55-29-35-19-9-3-10-20-35/h2-26,39-52H,27-33H2,1H3/t39-,40-,41-,42-,43-,44+,45+,46+,47+,48+,49+/m1/s1. The molecular formula is C49H56O12. The van der Waals surface area contributed by atoms with E-state index in [9.17, 15) is 15.3 Å². The van der Waals surface area contributed by atoms with Gasteiger partial charge < -0.3 is 58.0 Å². The minimum absolute atomic E-state index is 0.0531. The molecule has 0 bridgehead atoms.